The minimum Gasteiger partial charge on any atom is -0.330 e. The Balaban J connectivity index is 2.57. The van der Waals surface area contributed by atoms with Crippen LogP contribution in [0.2, 0.25) is 0 Å². The summed E-state index contributed by atoms with van der Waals surface area (Å²) in [4.78, 5) is 0. The number of nitrogens with two attached hydrogens (primary N) is 1. The van der Waals surface area contributed by atoms with Crippen molar-refractivity contribution in [3.63, 3.8) is 0 Å². The topological polar surface area (TPSA) is 72.2 Å². The molecule has 0 saturated heterocycles. The number of nitrogens with one attached hydrogen (secondary N) is 1. The molecular weight excluding hydrogens is 224 g/mol. The molecule has 1 aliphatic rings. The first kappa shape index (κ1) is 13.9. The highest BCUT2D eigenvalue weighted by Gasteiger charge is 2.27. The van der Waals surface area contributed by atoms with Crippen LogP contribution in [0.4, 0.5) is 0 Å². The normalized spacial score (nSPS) is 27.2. The molecule has 0 radical (unpaired) electrons. The van der Waals surface area contributed by atoms with E-state index in [9.17, 15) is 8.42 Å². The highest BCUT2D eigenvalue weighted by atomic mass is 32.2. The zero-order valence-corrected chi connectivity index (χ0v) is 11.1. The van der Waals surface area contributed by atoms with Crippen molar-refractivity contribution in [3.05, 3.63) is 0 Å². The summed E-state index contributed by atoms with van der Waals surface area (Å²) < 4.78 is 26.5. The average Bonchev–Trinajstić information content (AvgIpc) is 2.15. The molecule has 0 bridgehead atoms. The van der Waals surface area contributed by atoms with Crippen molar-refractivity contribution in [3.8, 4) is 0 Å². The van der Waals surface area contributed by atoms with Gasteiger partial charge in [-0.05, 0) is 31.2 Å². The highest BCUT2D eigenvalue weighted by molar-refractivity contribution is 7.89. The third-order valence-corrected chi connectivity index (χ3v) is 4.86. The molecule has 0 aromatic rings. The zero-order chi connectivity index (χ0) is 12.2. The summed E-state index contributed by atoms with van der Waals surface area (Å²) in [6.45, 7) is 4.41. The molecule has 0 aromatic carbocycles. The van der Waals surface area contributed by atoms with Crippen molar-refractivity contribution in [2.75, 3.05) is 12.3 Å². The minimum absolute atomic E-state index is 0.0579. The smallest absolute Gasteiger partial charge is 0.212 e. The molecule has 2 atom stereocenters. The number of hydrogen-bond donors (Lipinski definition) is 2. The third kappa shape index (κ3) is 4.39. The molecule has 1 rings (SSSR count). The quantitative estimate of drug-likeness (QED) is 0.764. The molecule has 16 heavy (non-hydrogen) atoms. The van der Waals surface area contributed by atoms with Crippen LogP contribution in [0.1, 0.15) is 39.5 Å². The van der Waals surface area contributed by atoms with E-state index in [1.54, 1.807) is 0 Å². The Morgan fingerprint density at radius 1 is 1.31 bits per heavy atom. The maximum Gasteiger partial charge on any atom is 0.212 e. The summed E-state index contributed by atoms with van der Waals surface area (Å²) in [7, 11) is -3.13. The van der Waals surface area contributed by atoms with Crippen molar-refractivity contribution >= 4 is 10.0 Å². The summed E-state index contributed by atoms with van der Waals surface area (Å²) in [5.41, 5.74) is 5.68. The van der Waals surface area contributed by atoms with E-state index < -0.39 is 10.0 Å². The second-order valence-electron chi connectivity index (χ2n) is 5.18. The molecule has 4 nitrogen and oxygen atoms in total. The second kappa shape index (κ2) is 5.98. The van der Waals surface area contributed by atoms with Gasteiger partial charge in [0.25, 0.3) is 0 Å². The molecular formula is C11H24N2O2S. The predicted octanol–water partition coefficient (Wildman–Crippen LogP) is 1.08. The molecule has 96 valence electrons. The van der Waals surface area contributed by atoms with Gasteiger partial charge in [-0.2, -0.15) is 0 Å². The van der Waals surface area contributed by atoms with Crippen LogP contribution in [-0.2, 0) is 10.0 Å². The molecule has 1 saturated carbocycles. The van der Waals surface area contributed by atoms with E-state index in [0.717, 1.165) is 19.3 Å². The van der Waals surface area contributed by atoms with Gasteiger partial charge in [0.2, 0.25) is 10.0 Å². The molecule has 1 fully saturated rings. The maximum atomic E-state index is 11.8. The van der Waals surface area contributed by atoms with E-state index in [1.165, 1.54) is 6.42 Å². The largest absolute Gasteiger partial charge is 0.330 e. The van der Waals surface area contributed by atoms with E-state index in [2.05, 4.69) is 4.72 Å². The standard InChI is InChI=1S/C11H24N2O2S/c1-9(2)8-16(14,15)13-11-6-4-3-5-10(11)7-12/h9-11,13H,3-8,12H2,1-2H3. The Hall–Kier alpha value is -0.130. The first-order valence-corrected chi connectivity index (χ1v) is 7.80. The fourth-order valence-electron chi connectivity index (χ4n) is 2.36. The van der Waals surface area contributed by atoms with Gasteiger partial charge < -0.3 is 5.73 Å². The molecule has 3 N–H and O–H groups in total. The molecule has 1 aliphatic carbocycles. The molecule has 0 aliphatic heterocycles. The van der Waals surface area contributed by atoms with Crippen LogP contribution in [0, 0.1) is 11.8 Å². The fraction of sp³-hybridized carbons (Fsp3) is 1.00. The SMILES string of the molecule is CC(C)CS(=O)(=O)NC1CCCCC1CN. The molecule has 0 amide bonds. The molecule has 5 heteroatoms. The lowest BCUT2D eigenvalue weighted by atomic mass is 9.85. The Kier molecular flexibility index (Phi) is 5.21. The van der Waals surface area contributed by atoms with Crippen molar-refractivity contribution in [2.45, 2.75) is 45.6 Å². The minimum atomic E-state index is -3.13. The van der Waals surface area contributed by atoms with Crippen LogP contribution >= 0.6 is 0 Å². The number of hydrogen-bond acceptors (Lipinski definition) is 3. The van der Waals surface area contributed by atoms with Gasteiger partial charge in [0, 0.05) is 6.04 Å². The van der Waals surface area contributed by atoms with Crippen molar-refractivity contribution in [1.82, 2.24) is 4.72 Å². The summed E-state index contributed by atoms with van der Waals surface area (Å²) in [5, 5.41) is 0. The van der Waals surface area contributed by atoms with E-state index >= 15 is 0 Å². The van der Waals surface area contributed by atoms with Crippen LogP contribution in [0.15, 0.2) is 0 Å². The van der Waals surface area contributed by atoms with E-state index in [4.69, 9.17) is 5.73 Å². The van der Waals surface area contributed by atoms with E-state index in [-0.39, 0.29) is 17.7 Å². The van der Waals surface area contributed by atoms with Crippen molar-refractivity contribution in [2.24, 2.45) is 17.6 Å². The summed E-state index contributed by atoms with van der Waals surface area (Å²) >= 11 is 0. The first-order chi connectivity index (χ1) is 7.44. The molecule has 0 heterocycles. The first-order valence-electron chi connectivity index (χ1n) is 6.14. The summed E-state index contributed by atoms with van der Waals surface area (Å²) in [6.07, 6.45) is 4.25. The zero-order valence-electron chi connectivity index (χ0n) is 10.3. The van der Waals surface area contributed by atoms with Gasteiger partial charge in [0.1, 0.15) is 0 Å². The van der Waals surface area contributed by atoms with Crippen molar-refractivity contribution < 1.29 is 8.42 Å². The van der Waals surface area contributed by atoms with Crippen molar-refractivity contribution in [1.29, 1.82) is 0 Å². The van der Waals surface area contributed by atoms with Crippen LogP contribution in [0.25, 0.3) is 0 Å². The van der Waals surface area contributed by atoms with Gasteiger partial charge in [0.05, 0.1) is 5.75 Å². The Morgan fingerprint density at radius 2 is 1.94 bits per heavy atom. The summed E-state index contributed by atoms with van der Waals surface area (Å²) in [6, 6.07) is 0.0579. The lowest BCUT2D eigenvalue weighted by molar-refractivity contribution is 0.296. The monoisotopic (exact) mass is 248 g/mol. The number of rotatable bonds is 5. The van der Waals surface area contributed by atoms with Gasteiger partial charge in [-0.25, -0.2) is 13.1 Å². The van der Waals surface area contributed by atoms with Gasteiger partial charge in [-0.15, -0.1) is 0 Å². The predicted molar refractivity (Wildman–Crippen MR) is 66.6 cm³/mol. The number of sulfonamides is 1. The molecule has 0 aromatic heterocycles. The molecule has 0 spiro atoms. The Morgan fingerprint density at radius 3 is 2.50 bits per heavy atom. The Bertz CT molecular complexity index is 301. The fourth-order valence-corrected chi connectivity index (χ4v) is 4.11. The second-order valence-corrected chi connectivity index (χ2v) is 6.98. The lowest BCUT2D eigenvalue weighted by Crippen LogP contribution is -2.45. The highest BCUT2D eigenvalue weighted by Crippen LogP contribution is 2.24. The van der Waals surface area contributed by atoms with Gasteiger partial charge >= 0.3 is 0 Å². The molecule has 2 unspecified atom stereocenters. The van der Waals surface area contributed by atoms with Crippen LogP contribution in [0.5, 0.6) is 0 Å². The maximum absolute atomic E-state index is 11.8. The summed E-state index contributed by atoms with van der Waals surface area (Å²) in [5.74, 6) is 0.689. The van der Waals surface area contributed by atoms with E-state index in [0.29, 0.717) is 12.5 Å². The van der Waals surface area contributed by atoms with Gasteiger partial charge in [-0.1, -0.05) is 26.7 Å². The van der Waals surface area contributed by atoms with Crippen LogP contribution in [-0.4, -0.2) is 26.8 Å². The van der Waals surface area contributed by atoms with E-state index in [1.807, 2.05) is 13.8 Å². The Labute approximate surface area is 99.0 Å². The van der Waals surface area contributed by atoms with Gasteiger partial charge in [0.15, 0.2) is 0 Å². The van der Waals surface area contributed by atoms with Gasteiger partial charge in [-0.3, -0.25) is 0 Å². The average molecular weight is 248 g/mol. The van der Waals surface area contributed by atoms with Crippen LogP contribution in [0.3, 0.4) is 0 Å². The van der Waals surface area contributed by atoms with Crippen LogP contribution < -0.4 is 10.5 Å². The lowest BCUT2D eigenvalue weighted by Gasteiger charge is -2.31. The third-order valence-electron chi connectivity index (χ3n) is 3.10.